The van der Waals surface area contributed by atoms with E-state index < -0.39 is 0 Å². The first-order chi connectivity index (χ1) is 6.24. The van der Waals surface area contributed by atoms with Crippen LogP contribution in [0.3, 0.4) is 0 Å². The van der Waals surface area contributed by atoms with Crippen molar-refractivity contribution in [2.75, 3.05) is 13.6 Å². The van der Waals surface area contributed by atoms with E-state index >= 15 is 0 Å². The zero-order chi connectivity index (χ0) is 9.68. The number of hydrogen-bond acceptors (Lipinski definition) is 2. The van der Waals surface area contributed by atoms with E-state index in [0.717, 1.165) is 6.20 Å². The van der Waals surface area contributed by atoms with Gasteiger partial charge in [0.25, 0.3) is 0 Å². The van der Waals surface area contributed by atoms with Crippen LogP contribution in [0.25, 0.3) is 6.08 Å². The normalized spacial score (nSPS) is 11.0. The third kappa shape index (κ3) is 3.13. The molecule has 1 heterocycles. The fraction of sp³-hybridized carbons (Fsp3) is 0.222. The van der Waals surface area contributed by atoms with Crippen molar-refractivity contribution >= 4 is 17.7 Å². The maximum absolute atomic E-state index is 12.7. The summed E-state index contributed by atoms with van der Waals surface area (Å²) in [5, 5.41) is 3.24. The van der Waals surface area contributed by atoms with E-state index in [0.29, 0.717) is 17.3 Å². The summed E-state index contributed by atoms with van der Waals surface area (Å²) in [5.74, 6) is -0.381. The lowest BCUT2D eigenvalue weighted by atomic mass is 10.2. The van der Waals surface area contributed by atoms with E-state index in [2.05, 4.69) is 10.3 Å². The molecule has 0 aliphatic carbocycles. The molecule has 1 aromatic heterocycles. The van der Waals surface area contributed by atoms with E-state index in [1.165, 1.54) is 6.07 Å². The van der Waals surface area contributed by atoms with Crippen molar-refractivity contribution < 1.29 is 4.39 Å². The van der Waals surface area contributed by atoms with Crippen LogP contribution in [0.4, 0.5) is 4.39 Å². The van der Waals surface area contributed by atoms with Gasteiger partial charge in [0.2, 0.25) is 0 Å². The number of hydrogen-bond donors (Lipinski definition) is 1. The average molecular weight is 201 g/mol. The van der Waals surface area contributed by atoms with Gasteiger partial charge in [-0.05, 0) is 13.1 Å². The quantitative estimate of drug-likeness (QED) is 0.756. The summed E-state index contributed by atoms with van der Waals surface area (Å²) in [6, 6.07) is 1.35. The standard InChI is InChI=1S/C9H10ClFN2/c1-12-4-2-3-7-5-8(11)6-13-9(7)10/h2-3,5-6,12H,4H2,1H3. The number of pyridine rings is 1. The molecule has 0 aromatic carbocycles. The number of rotatable bonds is 3. The first-order valence-corrected chi connectivity index (χ1v) is 4.24. The summed E-state index contributed by atoms with van der Waals surface area (Å²) < 4.78 is 12.7. The summed E-state index contributed by atoms with van der Waals surface area (Å²) in [4.78, 5) is 3.68. The molecule has 0 saturated carbocycles. The molecule has 0 unspecified atom stereocenters. The smallest absolute Gasteiger partial charge is 0.142 e. The number of nitrogens with zero attached hydrogens (tertiary/aromatic N) is 1. The van der Waals surface area contributed by atoms with Crippen LogP contribution in [-0.4, -0.2) is 18.6 Å². The van der Waals surface area contributed by atoms with Gasteiger partial charge in [0.15, 0.2) is 0 Å². The van der Waals surface area contributed by atoms with Gasteiger partial charge in [-0.1, -0.05) is 23.8 Å². The molecule has 0 amide bonds. The van der Waals surface area contributed by atoms with Crippen LogP contribution in [0.1, 0.15) is 5.56 Å². The molecule has 1 N–H and O–H groups in total. The third-order valence-electron chi connectivity index (χ3n) is 1.45. The van der Waals surface area contributed by atoms with Gasteiger partial charge in [0, 0.05) is 12.1 Å². The van der Waals surface area contributed by atoms with Crippen LogP contribution in [-0.2, 0) is 0 Å². The fourth-order valence-corrected chi connectivity index (χ4v) is 1.03. The Morgan fingerprint density at radius 2 is 2.46 bits per heavy atom. The van der Waals surface area contributed by atoms with Crippen molar-refractivity contribution in [3.63, 3.8) is 0 Å². The molecule has 0 saturated heterocycles. The van der Waals surface area contributed by atoms with Crippen LogP contribution in [0.2, 0.25) is 5.15 Å². The van der Waals surface area contributed by atoms with E-state index in [-0.39, 0.29) is 5.82 Å². The molecule has 4 heteroatoms. The second kappa shape index (κ2) is 4.94. The van der Waals surface area contributed by atoms with Crippen molar-refractivity contribution in [1.29, 1.82) is 0 Å². The molecule has 0 spiro atoms. The van der Waals surface area contributed by atoms with Gasteiger partial charge in [0.1, 0.15) is 11.0 Å². The molecule has 13 heavy (non-hydrogen) atoms. The highest BCUT2D eigenvalue weighted by molar-refractivity contribution is 6.30. The highest BCUT2D eigenvalue weighted by Gasteiger charge is 1.98. The van der Waals surface area contributed by atoms with Gasteiger partial charge in [-0.15, -0.1) is 0 Å². The Labute approximate surface area is 81.4 Å². The van der Waals surface area contributed by atoms with Crippen molar-refractivity contribution in [3.05, 3.63) is 34.9 Å². The van der Waals surface area contributed by atoms with Crippen LogP contribution in [0.5, 0.6) is 0 Å². The molecule has 0 radical (unpaired) electrons. The summed E-state index contributed by atoms with van der Waals surface area (Å²) in [6.45, 7) is 0.715. The molecule has 0 fully saturated rings. The van der Waals surface area contributed by atoms with Gasteiger partial charge < -0.3 is 5.32 Å². The lowest BCUT2D eigenvalue weighted by Gasteiger charge is -1.96. The van der Waals surface area contributed by atoms with E-state index in [1.54, 1.807) is 6.08 Å². The Balaban J connectivity index is 2.81. The van der Waals surface area contributed by atoms with Gasteiger partial charge >= 0.3 is 0 Å². The zero-order valence-corrected chi connectivity index (χ0v) is 7.98. The molecule has 1 aromatic rings. The summed E-state index contributed by atoms with van der Waals surface area (Å²) in [7, 11) is 1.83. The first kappa shape index (κ1) is 10.2. The highest BCUT2D eigenvalue weighted by atomic mass is 35.5. The number of nitrogens with one attached hydrogen (secondary N) is 1. The Morgan fingerprint density at radius 1 is 1.69 bits per heavy atom. The largest absolute Gasteiger partial charge is 0.316 e. The van der Waals surface area contributed by atoms with E-state index in [1.807, 2.05) is 13.1 Å². The molecule has 0 atom stereocenters. The first-order valence-electron chi connectivity index (χ1n) is 3.86. The molecule has 70 valence electrons. The highest BCUT2D eigenvalue weighted by Crippen LogP contribution is 2.14. The Morgan fingerprint density at radius 3 is 3.15 bits per heavy atom. The predicted octanol–water partition coefficient (Wildman–Crippen LogP) is 2.11. The van der Waals surface area contributed by atoms with Gasteiger partial charge in [0.05, 0.1) is 6.20 Å². The summed E-state index contributed by atoms with van der Waals surface area (Å²) in [5.41, 5.74) is 0.594. The maximum atomic E-state index is 12.7. The monoisotopic (exact) mass is 200 g/mol. The lowest BCUT2D eigenvalue weighted by molar-refractivity contribution is 0.621. The molecule has 2 nitrogen and oxygen atoms in total. The van der Waals surface area contributed by atoms with Crippen LogP contribution < -0.4 is 5.32 Å². The van der Waals surface area contributed by atoms with E-state index in [4.69, 9.17) is 11.6 Å². The number of aromatic nitrogens is 1. The van der Waals surface area contributed by atoms with Gasteiger partial charge in [-0.3, -0.25) is 0 Å². The fourth-order valence-electron chi connectivity index (χ4n) is 0.859. The minimum absolute atomic E-state index is 0.314. The zero-order valence-electron chi connectivity index (χ0n) is 7.22. The Hall–Kier alpha value is -0.930. The molecule has 0 aliphatic rings. The Bertz CT molecular complexity index is 312. The third-order valence-corrected chi connectivity index (χ3v) is 1.77. The molecule has 0 bridgehead atoms. The van der Waals surface area contributed by atoms with Crippen molar-refractivity contribution in [3.8, 4) is 0 Å². The minimum Gasteiger partial charge on any atom is -0.316 e. The molecular weight excluding hydrogens is 191 g/mol. The summed E-state index contributed by atoms with van der Waals surface area (Å²) >= 11 is 5.73. The minimum atomic E-state index is -0.381. The van der Waals surface area contributed by atoms with E-state index in [9.17, 15) is 4.39 Å². The van der Waals surface area contributed by atoms with Crippen molar-refractivity contribution in [2.24, 2.45) is 0 Å². The summed E-state index contributed by atoms with van der Waals surface area (Å²) in [6.07, 6.45) is 4.68. The SMILES string of the molecule is CNCC=Cc1cc(F)cnc1Cl. The number of halogens is 2. The van der Waals surface area contributed by atoms with Crippen LogP contribution in [0.15, 0.2) is 18.3 Å². The average Bonchev–Trinajstić information content (AvgIpc) is 2.11. The molecule has 0 aliphatic heterocycles. The predicted molar refractivity (Wildman–Crippen MR) is 52.2 cm³/mol. The van der Waals surface area contributed by atoms with Gasteiger partial charge in [-0.25, -0.2) is 9.37 Å². The molecular formula is C9H10ClFN2. The second-order valence-electron chi connectivity index (χ2n) is 2.49. The van der Waals surface area contributed by atoms with Crippen molar-refractivity contribution in [2.45, 2.75) is 0 Å². The maximum Gasteiger partial charge on any atom is 0.142 e. The molecule has 1 rings (SSSR count). The Kier molecular flexibility index (Phi) is 3.86. The van der Waals surface area contributed by atoms with Crippen LogP contribution in [0, 0.1) is 5.82 Å². The van der Waals surface area contributed by atoms with Gasteiger partial charge in [-0.2, -0.15) is 0 Å². The lowest BCUT2D eigenvalue weighted by Crippen LogP contribution is -2.03. The second-order valence-corrected chi connectivity index (χ2v) is 2.85. The van der Waals surface area contributed by atoms with Crippen molar-refractivity contribution in [1.82, 2.24) is 10.3 Å². The van der Waals surface area contributed by atoms with Crippen LogP contribution >= 0.6 is 11.6 Å². The number of likely N-dealkylation sites (N-methyl/N-ethyl adjacent to an activating group) is 1. The topological polar surface area (TPSA) is 24.9 Å².